The molecule has 0 aliphatic carbocycles. The molecule has 2 rings (SSSR count). The van der Waals surface area contributed by atoms with Crippen molar-refractivity contribution in [2.24, 2.45) is 5.73 Å². The fourth-order valence-electron chi connectivity index (χ4n) is 2.40. The second-order valence-corrected chi connectivity index (χ2v) is 5.96. The van der Waals surface area contributed by atoms with E-state index in [0.29, 0.717) is 6.04 Å². The number of thiophene rings is 1. The van der Waals surface area contributed by atoms with E-state index in [4.69, 9.17) is 10.5 Å². The number of methoxy groups -OCH3 is 1. The van der Waals surface area contributed by atoms with Gasteiger partial charge >= 0.3 is 0 Å². The van der Waals surface area contributed by atoms with Crippen molar-refractivity contribution in [3.8, 4) is 5.75 Å². The summed E-state index contributed by atoms with van der Waals surface area (Å²) >= 11 is 1.77. The lowest BCUT2D eigenvalue weighted by Gasteiger charge is -2.30. The summed E-state index contributed by atoms with van der Waals surface area (Å²) in [5.74, 6) is 0.850. The first-order valence-corrected chi connectivity index (χ1v) is 7.63. The van der Waals surface area contributed by atoms with Crippen molar-refractivity contribution >= 4 is 17.0 Å². The normalized spacial score (nSPS) is 13.8. The van der Waals surface area contributed by atoms with Gasteiger partial charge in [-0.25, -0.2) is 0 Å². The van der Waals surface area contributed by atoms with Gasteiger partial charge in [-0.15, -0.1) is 11.3 Å². The summed E-state index contributed by atoms with van der Waals surface area (Å²) in [7, 11) is 3.79. The molecule has 4 heteroatoms. The first kappa shape index (κ1) is 14.9. The minimum absolute atomic E-state index is 0.0702. The van der Waals surface area contributed by atoms with Crippen molar-refractivity contribution in [1.29, 1.82) is 0 Å². The van der Waals surface area contributed by atoms with Crippen molar-refractivity contribution in [3.63, 3.8) is 0 Å². The number of hydrogen-bond acceptors (Lipinski definition) is 4. The van der Waals surface area contributed by atoms with Crippen LogP contribution in [0.3, 0.4) is 0 Å². The van der Waals surface area contributed by atoms with Gasteiger partial charge in [0.25, 0.3) is 0 Å². The zero-order valence-corrected chi connectivity index (χ0v) is 13.3. The van der Waals surface area contributed by atoms with Crippen LogP contribution in [0.2, 0.25) is 0 Å². The maximum Gasteiger partial charge on any atom is 0.125 e. The van der Waals surface area contributed by atoms with Crippen molar-refractivity contribution < 1.29 is 4.74 Å². The number of rotatable bonds is 5. The fourth-order valence-corrected chi connectivity index (χ4v) is 3.23. The highest BCUT2D eigenvalue weighted by atomic mass is 32.1. The van der Waals surface area contributed by atoms with E-state index in [-0.39, 0.29) is 6.04 Å². The number of ether oxygens (including phenoxy) is 1. The molecule has 0 bridgehead atoms. The third-order valence-corrected chi connectivity index (χ3v) is 4.68. The molecule has 0 spiro atoms. The Morgan fingerprint density at radius 2 is 1.95 bits per heavy atom. The summed E-state index contributed by atoms with van der Waals surface area (Å²) in [5, 5.41) is 2.11. The van der Waals surface area contributed by atoms with Gasteiger partial charge in [0.2, 0.25) is 0 Å². The summed E-state index contributed by atoms with van der Waals surface area (Å²) in [6, 6.07) is 10.6. The van der Waals surface area contributed by atoms with E-state index in [0.717, 1.165) is 17.0 Å². The minimum Gasteiger partial charge on any atom is -0.496 e. The van der Waals surface area contributed by atoms with Crippen molar-refractivity contribution in [2.75, 3.05) is 19.1 Å². The Bertz CT molecular complexity index is 552. The molecule has 0 saturated carbocycles. The average Bonchev–Trinajstić information content (AvgIpc) is 2.98. The highest BCUT2D eigenvalue weighted by Gasteiger charge is 2.20. The van der Waals surface area contributed by atoms with Crippen LogP contribution in [0.5, 0.6) is 5.75 Å². The first-order valence-electron chi connectivity index (χ1n) is 6.75. The number of hydrogen-bond donors (Lipinski definition) is 1. The molecule has 20 heavy (non-hydrogen) atoms. The largest absolute Gasteiger partial charge is 0.496 e. The molecular formula is C16H22N2OS. The van der Waals surface area contributed by atoms with Crippen LogP contribution in [0.25, 0.3) is 0 Å². The zero-order valence-electron chi connectivity index (χ0n) is 12.5. The average molecular weight is 290 g/mol. The van der Waals surface area contributed by atoms with Crippen molar-refractivity contribution in [2.45, 2.75) is 25.9 Å². The van der Waals surface area contributed by atoms with E-state index in [1.54, 1.807) is 18.4 Å². The van der Waals surface area contributed by atoms with Crippen LogP contribution in [0.15, 0.2) is 35.7 Å². The second-order valence-electron chi connectivity index (χ2n) is 4.98. The standard InChI is InChI=1S/C16H22N2OS/c1-11(17)16-13(7-5-8-14(16)19-4)18(3)12(2)15-9-6-10-20-15/h5-12H,17H2,1-4H3/t11-,12?/m0/s1. The third-order valence-electron chi connectivity index (χ3n) is 3.63. The molecule has 2 N–H and O–H groups in total. The quantitative estimate of drug-likeness (QED) is 0.905. The van der Waals surface area contributed by atoms with Gasteiger partial charge in [0.05, 0.1) is 13.2 Å². The molecular weight excluding hydrogens is 268 g/mol. The van der Waals surface area contributed by atoms with Gasteiger partial charge in [0.15, 0.2) is 0 Å². The summed E-state index contributed by atoms with van der Waals surface area (Å²) in [6.07, 6.45) is 0. The van der Waals surface area contributed by atoms with Crippen LogP contribution < -0.4 is 15.4 Å². The third kappa shape index (κ3) is 2.81. The Kier molecular flexibility index (Phi) is 4.68. The maximum absolute atomic E-state index is 6.14. The molecule has 108 valence electrons. The van der Waals surface area contributed by atoms with Gasteiger partial charge < -0.3 is 15.4 Å². The molecule has 3 nitrogen and oxygen atoms in total. The van der Waals surface area contributed by atoms with Crippen LogP contribution in [0.1, 0.15) is 36.4 Å². The Balaban J connectivity index is 2.41. The monoisotopic (exact) mass is 290 g/mol. The molecule has 0 fully saturated rings. The zero-order chi connectivity index (χ0) is 14.7. The van der Waals surface area contributed by atoms with E-state index in [1.165, 1.54) is 4.88 Å². The fraction of sp³-hybridized carbons (Fsp3) is 0.375. The molecule has 2 aromatic rings. The first-order chi connectivity index (χ1) is 9.56. The van der Waals surface area contributed by atoms with Crippen LogP contribution >= 0.6 is 11.3 Å². The number of nitrogens with two attached hydrogens (primary N) is 1. The predicted molar refractivity (Wildman–Crippen MR) is 86.7 cm³/mol. The lowest BCUT2D eigenvalue weighted by Crippen LogP contribution is -2.24. The van der Waals surface area contributed by atoms with Crippen molar-refractivity contribution in [1.82, 2.24) is 0 Å². The van der Waals surface area contributed by atoms with Gasteiger partial charge in [-0.05, 0) is 37.4 Å². The maximum atomic E-state index is 6.14. The van der Waals surface area contributed by atoms with Crippen LogP contribution in [0.4, 0.5) is 5.69 Å². The summed E-state index contributed by atoms with van der Waals surface area (Å²) in [6.45, 7) is 4.20. The summed E-state index contributed by atoms with van der Waals surface area (Å²) < 4.78 is 5.46. The highest BCUT2D eigenvalue weighted by molar-refractivity contribution is 7.10. The van der Waals surface area contributed by atoms with Crippen LogP contribution in [-0.4, -0.2) is 14.2 Å². The van der Waals surface area contributed by atoms with Gasteiger partial charge in [0, 0.05) is 29.2 Å². The van der Waals surface area contributed by atoms with Crippen LogP contribution in [-0.2, 0) is 0 Å². The Hall–Kier alpha value is -1.52. The predicted octanol–water partition coefficient (Wildman–Crippen LogP) is 3.97. The molecule has 1 heterocycles. The van der Waals surface area contributed by atoms with Gasteiger partial charge in [-0.3, -0.25) is 0 Å². The van der Waals surface area contributed by atoms with Gasteiger partial charge in [-0.1, -0.05) is 12.1 Å². The molecule has 0 amide bonds. The lowest BCUT2D eigenvalue weighted by atomic mass is 10.0. The Labute approximate surface area is 125 Å². The van der Waals surface area contributed by atoms with Crippen molar-refractivity contribution in [3.05, 3.63) is 46.2 Å². The van der Waals surface area contributed by atoms with E-state index in [1.807, 2.05) is 19.1 Å². The molecule has 0 saturated heterocycles. The topological polar surface area (TPSA) is 38.5 Å². The number of nitrogens with zero attached hydrogens (tertiary/aromatic N) is 1. The number of anilines is 1. The smallest absolute Gasteiger partial charge is 0.125 e. The van der Waals surface area contributed by atoms with Gasteiger partial charge in [-0.2, -0.15) is 0 Å². The molecule has 0 radical (unpaired) electrons. The lowest BCUT2D eigenvalue weighted by molar-refractivity contribution is 0.407. The van der Waals surface area contributed by atoms with E-state index >= 15 is 0 Å². The number of benzene rings is 1. The molecule has 0 aliphatic rings. The summed E-state index contributed by atoms with van der Waals surface area (Å²) in [4.78, 5) is 3.60. The summed E-state index contributed by atoms with van der Waals surface area (Å²) in [5.41, 5.74) is 8.33. The van der Waals surface area contributed by atoms with E-state index < -0.39 is 0 Å². The van der Waals surface area contributed by atoms with E-state index in [2.05, 4.69) is 42.5 Å². The molecule has 1 aromatic carbocycles. The highest BCUT2D eigenvalue weighted by Crippen LogP contribution is 2.37. The molecule has 0 aliphatic heterocycles. The molecule has 2 atom stereocenters. The van der Waals surface area contributed by atoms with Crippen LogP contribution in [0, 0.1) is 0 Å². The second kappa shape index (κ2) is 6.29. The SMILES string of the molecule is COc1cccc(N(C)C(C)c2cccs2)c1[C@H](C)N. The van der Waals surface area contributed by atoms with E-state index in [9.17, 15) is 0 Å². The minimum atomic E-state index is -0.0702. The molecule has 1 unspecified atom stereocenters. The Morgan fingerprint density at radius 1 is 1.20 bits per heavy atom. The van der Waals surface area contributed by atoms with Gasteiger partial charge in [0.1, 0.15) is 5.75 Å². The molecule has 1 aromatic heterocycles. The Morgan fingerprint density at radius 3 is 2.50 bits per heavy atom.